The van der Waals surface area contributed by atoms with Crippen molar-refractivity contribution in [1.82, 2.24) is 19.5 Å². The van der Waals surface area contributed by atoms with Crippen LogP contribution in [0.2, 0.25) is 5.02 Å². The summed E-state index contributed by atoms with van der Waals surface area (Å²) in [6.07, 6.45) is 0. The topological polar surface area (TPSA) is 43.6 Å². The number of benzene rings is 3. The zero-order valence-electron chi connectivity index (χ0n) is 14.9. The van der Waals surface area contributed by atoms with E-state index in [1.165, 1.54) is 12.1 Å². The third-order valence-electron chi connectivity index (χ3n) is 4.69. The largest absolute Gasteiger partial charge is 0.275 e. The van der Waals surface area contributed by atoms with Gasteiger partial charge in [0.05, 0.1) is 16.7 Å². The Morgan fingerprint density at radius 2 is 1.57 bits per heavy atom. The smallest absolute Gasteiger partial charge is 0.199 e. The Balaban J connectivity index is 1.87. The van der Waals surface area contributed by atoms with Crippen LogP contribution in [0.3, 0.4) is 0 Å². The molecule has 0 aliphatic heterocycles. The van der Waals surface area contributed by atoms with Crippen LogP contribution in [0.25, 0.3) is 39.4 Å². The third kappa shape index (κ3) is 2.72. The summed E-state index contributed by atoms with van der Waals surface area (Å²) in [6.45, 7) is 1.95. The molecule has 0 radical (unpaired) electrons. The quantitative estimate of drug-likeness (QED) is 0.387. The maximum absolute atomic E-state index is 13.4. The van der Waals surface area contributed by atoms with E-state index in [4.69, 9.17) is 21.6 Å². The Bertz CT molecular complexity index is 1340. The van der Waals surface area contributed by atoms with Crippen LogP contribution in [0.5, 0.6) is 0 Å². The van der Waals surface area contributed by atoms with Gasteiger partial charge in [0.1, 0.15) is 11.6 Å². The molecule has 5 aromatic rings. The molecule has 2 aromatic heterocycles. The Morgan fingerprint density at radius 3 is 2.29 bits per heavy atom. The van der Waals surface area contributed by atoms with Gasteiger partial charge in [-0.15, -0.1) is 0 Å². The summed E-state index contributed by atoms with van der Waals surface area (Å²) >= 11 is 6.38. The van der Waals surface area contributed by atoms with Crippen molar-refractivity contribution in [2.45, 2.75) is 6.92 Å². The van der Waals surface area contributed by atoms with Crippen molar-refractivity contribution >= 4 is 33.9 Å². The molecular formula is C22H14ClFN4. The number of rotatable bonds is 2. The SMILES string of the molecule is Cc1ccc(-n2c(-c3ccc(F)cc3)nc3nc4ccccc4nc32)cc1Cl. The maximum Gasteiger partial charge on any atom is 0.199 e. The highest BCUT2D eigenvalue weighted by Crippen LogP contribution is 2.30. The Hall–Kier alpha value is -3.31. The van der Waals surface area contributed by atoms with Gasteiger partial charge < -0.3 is 0 Å². The molecule has 0 spiro atoms. The summed E-state index contributed by atoms with van der Waals surface area (Å²) in [5, 5.41) is 0.651. The van der Waals surface area contributed by atoms with Crippen LogP contribution in [-0.4, -0.2) is 19.5 Å². The maximum atomic E-state index is 13.4. The average Bonchev–Trinajstić information content (AvgIpc) is 3.07. The predicted octanol–water partition coefficient (Wildman–Crippen LogP) is 5.74. The zero-order valence-corrected chi connectivity index (χ0v) is 15.7. The fourth-order valence-corrected chi connectivity index (χ4v) is 3.39. The highest BCUT2D eigenvalue weighted by atomic mass is 35.5. The van der Waals surface area contributed by atoms with E-state index in [0.717, 1.165) is 27.8 Å². The predicted molar refractivity (Wildman–Crippen MR) is 109 cm³/mol. The minimum atomic E-state index is -0.299. The van der Waals surface area contributed by atoms with Gasteiger partial charge in [-0.1, -0.05) is 29.8 Å². The van der Waals surface area contributed by atoms with Gasteiger partial charge in [-0.25, -0.2) is 19.3 Å². The number of hydrogen-bond acceptors (Lipinski definition) is 3. The number of aryl methyl sites for hydroxylation is 1. The van der Waals surface area contributed by atoms with Gasteiger partial charge in [0, 0.05) is 10.6 Å². The molecule has 0 saturated carbocycles. The minimum Gasteiger partial charge on any atom is -0.275 e. The molecule has 28 heavy (non-hydrogen) atoms. The van der Waals surface area contributed by atoms with Crippen molar-refractivity contribution in [3.05, 3.63) is 83.1 Å². The lowest BCUT2D eigenvalue weighted by Crippen LogP contribution is -2.00. The minimum absolute atomic E-state index is 0.299. The molecule has 3 aromatic carbocycles. The lowest BCUT2D eigenvalue weighted by Gasteiger charge is -2.10. The molecule has 2 heterocycles. The summed E-state index contributed by atoms with van der Waals surface area (Å²) in [5.74, 6) is 0.331. The Kier molecular flexibility index (Phi) is 3.84. The van der Waals surface area contributed by atoms with Crippen molar-refractivity contribution in [2.75, 3.05) is 0 Å². The van der Waals surface area contributed by atoms with Crippen LogP contribution in [-0.2, 0) is 0 Å². The number of aromatic nitrogens is 4. The van der Waals surface area contributed by atoms with E-state index in [1.54, 1.807) is 12.1 Å². The number of para-hydroxylation sites is 2. The lowest BCUT2D eigenvalue weighted by molar-refractivity contribution is 0.628. The van der Waals surface area contributed by atoms with Gasteiger partial charge >= 0.3 is 0 Å². The van der Waals surface area contributed by atoms with Gasteiger partial charge in [-0.3, -0.25) is 4.57 Å². The van der Waals surface area contributed by atoms with Crippen molar-refractivity contribution in [1.29, 1.82) is 0 Å². The molecule has 6 heteroatoms. The first kappa shape index (κ1) is 16.8. The second-order valence-electron chi connectivity index (χ2n) is 6.57. The number of fused-ring (bicyclic) bond motifs is 2. The van der Waals surface area contributed by atoms with Crippen molar-refractivity contribution in [3.63, 3.8) is 0 Å². The average molecular weight is 389 g/mol. The van der Waals surface area contributed by atoms with Crippen LogP contribution < -0.4 is 0 Å². The number of nitrogens with zero attached hydrogens (tertiary/aromatic N) is 4. The second kappa shape index (κ2) is 6.39. The van der Waals surface area contributed by atoms with Gasteiger partial charge in [-0.05, 0) is 61.0 Å². The molecule has 0 unspecified atom stereocenters. The summed E-state index contributed by atoms with van der Waals surface area (Å²) in [5.41, 5.74) is 5.26. The van der Waals surface area contributed by atoms with Crippen molar-refractivity contribution in [2.24, 2.45) is 0 Å². The Labute approximate surface area is 165 Å². The summed E-state index contributed by atoms with van der Waals surface area (Å²) in [6, 6.07) is 19.7. The lowest BCUT2D eigenvalue weighted by atomic mass is 10.2. The monoisotopic (exact) mass is 388 g/mol. The Morgan fingerprint density at radius 1 is 0.857 bits per heavy atom. The normalized spacial score (nSPS) is 11.4. The first-order valence-electron chi connectivity index (χ1n) is 8.78. The molecule has 0 N–H and O–H groups in total. The van der Waals surface area contributed by atoms with Crippen molar-refractivity contribution < 1.29 is 4.39 Å². The fourth-order valence-electron chi connectivity index (χ4n) is 3.22. The van der Waals surface area contributed by atoms with E-state index in [2.05, 4.69) is 4.98 Å². The molecule has 0 bridgehead atoms. The molecule has 0 aliphatic rings. The number of hydrogen-bond donors (Lipinski definition) is 0. The standard InChI is InChI=1S/C22H14ClFN4/c1-13-6-11-16(12-17(13)23)28-21(14-7-9-15(24)10-8-14)27-20-22(28)26-19-5-3-2-4-18(19)25-20/h2-12H,1H3. The van der Waals surface area contributed by atoms with Gasteiger partial charge in [0.25, 0.3) is 0 Å². The van der Waals surface area contributed by atoms with E-state index >= 15 is 0 Å². The van der Waals surface area contributed by atoms with E-state index in [1.807, 2.05) is 54.0 Å². The molecular weight excluding hydrogens is 375 g/mol. The first-order chi connectivity index (χ1) is 13.6. The fraction of sp³-hybridized carbons (Fsp3) is 0.0455. The van der Waals surface area contributed by atoms with E-state index in [-0.39, 0.29) is 5.82 Å². The van der Waals surface area contributed by atoms with Gasteiger partial charge in [0.15, 0.2) is 11.3 Å². The van der Waals surface area contributed by atoms with Crippen molar-refractivity contribution in [3.8, 4) is 17.1 Å². The van der Waals surface area contributed by atoms with E-state index in [9.17, 15) is 4.39 Å². The van der Waals surface area contributed by atoms with Gasteiger partial charge in [0.2, 0.25) is 0 Å². The van der Waals surface area contributed by atoms with Crippen LogP contribution >= 0.6 is 11.6 Å². The van der Waals surface area contributed by atoms with E-state index < -0.39 is 0 Å². The molecule has 0 atom stereocenters. The number of imidazole rings is 1. The second-order valence-corrected chi connectivity index (χ2v) is 6.98. The van der Waals surface area contributed by atoms with Gasteiger partial charge in [-0.2, -0.15) is 0 Å². The molecule has 5 rings (SSSR count). The van der Waals surface area contributed by atoms with Crippen LogP contribution in [0.1, 0.15) is 5.56 Å². The molecule has 0 aliphatic carbocycles. The highest BCUT2D eigenvalue weighted by molar-refractivity contribution is 6.31. The molecule has 136 valence electrons. The summed E-state index contributed by atoms with van der Waals surface area (Å²) < 4.78 is 15.4. The molecule has 4 nitrogen and oxygen atoms in total. The highest BCUT2D eigenvalue weighted by Gasteiger charge is 2.18. The molecule has 0 fully saturated rings. The van der Waals surface area contributed by atoms with E-state index in [0.29, 0.717) is 22.1 Å². The summed E-state index contributed by atoms with van der Waals surface area (Å²) in [7, 11) is 0. The van der Waals surface area contributed by atoms with Crippen LogP contribution in [0.15, 0.2) is 66.7 Å². The summed E-state index contributed by atoms with van der Waals surface area (Å²) in [4.78, 5) is 14.2. The number of halogens is 2. The van der Waals surface area contributed by atoms with Crippen LogP contribution in [0, 0.1) is 12.7 Å². The zero-order chi connectivity index (χ0) is 19.3. The molecule has 0 amide bonds. The first-order valence-corrected chi connectivity index (χ1v) is 9.16. The van der Waals surface area contributed by atoms with Crippen LogP contribution in [0.4, 0.5) is 4.39 Å². The molecule has 0 saturated heterocycles. The third-order valence-corrected chi connectivity index (χ3v) is 5.09.